The second kappa shape index (κ2) is 7.26. The number of aromatic nitrogens is 2. The molecule has 1 aliphatic heterocycles. The van der Waals surface area contributed by atoms with Crippen LogP contribution >= 0.6 is 0 Å². The van der Waals surface area contributed by atoms with Crippen LogP contribution in [0.4, 0.5) is 11.8 Å². The quantitative estimate of drug-likeness (QED) is 0.704. The van der Waals surface area contributed by atoms with E-state index in [1.54, 1.807) is 0 Å². The molecule has 9 heteroatoms. The summed E-state index contributed by atoms with van der Waals surface area (Å²) in [5.74, 6) is -0.694. The van der Waals surface area contributed by atoms with Gasteiger partial charge in [-0.2, -0.15) is 4.98 Å². The molecule has 146 valence electrons. The number of rotatable bonds is 5. The summed E-state index contributed by atoms with van der Waals surface area (Å²) in [6, 6.07) is 5.87. The molecule has 0 spiro atoms. The molecular weight excluding hydrogens is 362 g/mol. The Morgan fingerprint density at radius 2 is 2.00 bits per heavy atom. The Balaban J connectivity index is 1.82. The van der Waals surface area contributed by atoms with Crippen molar-refractivity contribution in [3.8, 4) is 11.5 Å². The zero-order chi connectivity index (χ0) is 24.8. The first-order chi connectivity index (χ1) is 16.0. The van der Waals surface area contributed by atoms with E-state index < -0.39 is 32.0 Å². The molecule has 3 aromatic rings. The minimum absolute atomic E-state index is 0.0376. The van der Waals surface area contributed by atoms with Gasteiger partial charge in [0.15, 0.2) is 20.1 Å². The molecule has 1 aliphatic rings. The Morgan fingerprint density at radius 3 is 2.64 bits per heavy atom. The summed E-state index contributed by atoms with van der Waals surface area (Å²) in [4.78, 5) is 22.9. The van der Waals surface area contributed by atoms with Crippen LogP contribution in [0.15, 0.2) is 34.9 Å². The maximum Gasteiger partial charge on any atom is 0.289 e. The van der Waals surface area contributed by atoms with E-state index in [9.17, 15) is 4.79 Å². The lowest BCUT2D eigenvalue weighted by molar-refractivity contribution is 0.0714. The van der Waals surface area contributed by atoms with Gasteiger partial charge in [-0.05, 0) is 18.2 Å². The minimum Gasteiger partial charge on any atom is -0.493 e. The van der Waals surface area contributed by atoms with Gasteiger partial charge in [0.2, 0.25) is 5.95 Å². The normalized spacial score (nSPS) is 20.9. The van der Waals surface area contributed by atoms with Gasteiger partial charge in [-0.3, -0.25) is 4.79 Å². The number of nitrogens with zero attached hydrogens (tertiary/aromatic N) is 4. The molecule has 9 nitrogen and oxygen atoms in total. The lowest BCUT2D eigenvalue weighted by atomic mass is 10.2. The number of carbonyl (C=O) groups is 1. The van der Waals surface area contributed by atoms with Gasteiger partial charge in [-0.15, -0.1) is 0 Å². The second-order valence-corrected chi connectivity index (χ2v) is 5.86. The zero-order valence-electron chi connectivity index (χ0n) is 21.2. The van der Waals surface area contributed by atoms with E-state index in [1.165, 1.54) is 44.7 Å². The van der Waals surface area contributed by atoms with E-state index in [-0.39, 0.29) is 34.1 Å². The SMILES string of the molecule is [2H]N([2H])c1nc(N2C([2H])([2H])CN(C(=O)c3ccco3)CC2([2H])[2H])nc2cc(OC)c(OC)cc12. The van der Waals surface area contributed by atoms with Crippen LogP contribution in [0.2, 0.25) is 2.82 Å². The third kappa shape index (κ3) is 3.15. The lowest BCUT2D eigenvalue weighted by Gasteiger charge is -2.34. The molecular formula is C19H21N5O4. The fourth-order valence-electron chi connectivity index (χ4n) is 2.79. The minimum atomic E-state index is -2.44. The van der Waals surface area contributed by atoms with Gasteiger partial charge in [0.25, 0.3) is 5.91 Å². The summed E-state index contributed by atoms with van der Waals surface area (Å²) in [5.41, 5.74) is 0.407. The second-order valence-electron chi connectivity index (χ2n) is 5.86. The molecule has 0 radical (unpaired) electrons. The molecule has 3 heterocycles. The molecule has 4 rings (SSSR count). The van der Waals surface area contributed by atoms with Crippen LogP contribution in [0.3, 0.4) is 0 Å². The average molecular weight is 389 g/mol. The molecule has 2 aromatic heterocycles. The van der Waals surface area contributed by atoms with Crippen molar-refractivity contribution in [3.05, 3.63) is 36.3 Å². The van der Waals surface area contributed by atoms with E-state index in [0.717, 1.165) is 9.80 Å². The highest BCUT2D eigenvalue weighted by molar-refractivity contribution is 5.92. The maximum absolute atomic E-state index is 12.7. The fraction of sp³-hybridized carbons (Fsp3) is 0.316. The van der Waals surface area contributed by atoms with Crippen molar-refractivity contribution in [1.82, 2.24) is 14.9 Å². The first-order valence-corrected chi connectivity index (χ1v) is 8.33. The van der Waals surface area contributed by atoms with Crippen molar-refractivity contribution in [1.29, 1.82) is 0 Å². The molecule has 0 unspecified atom stereocenters. The first kappa shape index (κ1) is 12.1. The van der Waals surface area contributed by atoms with E-state index in [4.69, 9.17) is 22.2 Å². The third-order valence-electron chi connectivity index (χ3n) is 4.23. The van der Waals surface area contributed by atoms with Crippen LogP contribution < -0.4 is 20.1 Å². The van der Waals surface area contributed by atoms with Crippen molar-refractivity contribution in [2.75, 3.05) is 50.9 Å². The van der Waals surface area contributed by atoms with Crippen LogP contribution in [0.1, 0.15) is 16.0 Å². The summed E-state index contributed by atoms with van der Waals surface area (Å²) in [5, 5.41) is 0.249. The smallest absolute Gasteiger partial charge is 0.289 e. The van der Waals surface area contributed by atoms with E-state index in [2.05, 4.69) is 9.97 Å². The van der Waals surface area contributed by atoms with Crippen LogP contribution in [0.5, 0.6) is 11.5 Å². The van der Waals surface area contributed by atoms with Crippen molar-refractivity contribution in [3.63, 3.8) is 0 Å². The molecule has 1 saturated heterocycles. The summed E-state index contributed by atoms with van der Waals surface area (Å²) in [7, 11) is 2.84. The first-order valence-electron chi connectivity index (χ1n) is 11.2. The molecule has 0 aliphatic carbocycles. The number of carbonyl (C=O) groups excluding carboxylic acids is 1. The number of ether oxygens (including phenoxy) is 2. The molecule has 0 saturated carbocycles. The molecule has 28 heavy (non-hydrogen) atoms. The Kier molecular flexibility index (Phi) is 3.13. The molecule has 0 atom stereocenters. The Bertz CT molecular complexity index is 1210. The van der Waals surface area contributed by atoms with Gasteiger partial charge >= 0.3 is 0 Å². The number of hydrogen-bond acceptors (Lipinski definition) is 8. The lowest BCUT2D eigenvalue weighted by Crippen LogP contribution is -2.49. The summed E-state index contributed by atoms with van der Waals surface area (Å²) in [6.07, 6.45) is 1.30. The topological polar surface area (TPSA) is 107 Å². The standard InChI is InChI=1S/C19H21N5O4/c1-26-15-10-12-13(11-16(15)27-2)21-19(22-17(12)20)24-7-5-23(6-8-24)18(25)14-4-3-9-28-14/h3-4,9-11H,5-8H2,1-2H3,(H2,20,21,22)/i7D2,8D2/hD2. The number of furan rings is 1. The Labute approximate surface area is 170 Å². The summed E-state index contributed by atoms with van der Waals surface area (Å²) in [6.45, 7) is -5.89. The number of methoxy groups -OCH3 is 2. The number of amides is 1. The summed E-state index contributed by atoms with van der Waals surface area (Å²) >= 11 is 0. The number of benzene rings is 1. The molecule has 2 N–H and O–H groups in total. The van der Waals surface area contributed by atoms with Crippen LogP contribution in [0.25, 0.3) is 10.9 Å². The molecule has 1 aromatic carbocycles. The predicted octanol–water partition coefficient (Wildman–Crippen LogP) is 1.78. The predicted molar refractivity (Wildman–Crippen MR) is 104 cm³/mol. The van der Waals surface area contributed by atoms with Crippen LogP contribution in [-0.4, -0.2) is 61.1 Å². The highest BCUT2D eigenvalue weighted by Gasteiger charge is 2.25. The van der Waals surface area contributed by atoms with E-state index in [0.29, 0.717) is 11.5 Å². The van der Waals surface area contributed by atoms with Gasteiger partial charge in [-0.25, -0.2) is 4.98 Å². The highest BCUT2D eigenvalue weighted by Crippen LogP contribution is 2.34. The van der Waals surface area contributed by atoms with Gasteiger partial charge in [0, 0.05) is 37.5 Å². The molecule has 0 bridgehead atoms. The van der Waals surface area contributed by atoms with Crippen molar-refractivity contribution in [2.45, 2.75) is 0 Å². The van der Waals surface area contributed by atoms with Crippen LogP contribution in [0, 0.1) is 0 Å². The highest BCUT2D eigenvalue weighted by atomic mass is 16.5. The Hall–Kier alpha value is -3.49. The van der Waals surface area contributed by atoms with Gasteiger partial charge in [0.05, 0.1) is 31.5 Å². The monoisotopic (exact) mass is 389 g/mol. The van der Waals surface area contributed by atoms with Gasteiger partial charge in [-0.1, -0.05) is 0 Å². The Morgan fingerprint density at radius 1 is 1.25 bits per heavy atom. The molecule has 1 amide bonds. The maximum atomic E-state index is 12.7. The number of piperazine rings is 1. The van der Waals surface area contributed by atoms with Gasteiger partial charge < -0.3 is 29.4 Å². The number of fused-ring (bicyclic) bond motifs is 1. The summed E-state index contributed by atoms with van der Waals surface area (Å²) < 4.78 is 65.4. The average Bonchev–Trinajstić information content (AvgIpc) is 3.30. The fourth-order valence-corrected chi connectivity index (χ4v) is 2.79. The largest absolute Gasteiger partial charge is 0.493 e. The van der Waals surface area contributed by atoms with Crippen molar-refractivity contribution < 1.29 is 27.0 Å². The van der Waals surface area contributed by atoms with Crippen molar-refractivity contribution >= 4 is 28.6 Å². The third-order valence-corrected chi connectivity index (χ3v) is 4.23. The van der Waals surface area contributed by atoms with E-state index in [1.807, 2.05) is 0 Å². The molecule has 1 fully saturated rings. The van der Waals surface area contributed by atoms with E-state index >= 15 is 0 Å². The zero-order valence-corrected chi connectivity index (χ0v) is 15.2. The van der Waals surface area contributed by atoms with Gasteiger partial charge in [0.1, 0.15) is 5.82 Å². The number of nitrogen functional groups attached to an aromatic ring is 1. The van der Waals surface area contributed by atoms with Crippen LogP contribution in [-0.2, 0) is 0 Å². The van der Waals surface area contributed by atoms with Crippen molar-refractivity contribution in [2.24, 2.45) is 0 Å². The number of nitrogens with two attached hydrogens (primary N) is 1. The number of anilines is 2. The number of hydrogen-bond donors (Lipinski definition) is 1.